The summed E-state index contributed by atoms with van der Waals surface area (Å²) in [5.74, 6) is 0. The summed E-state index contributed by atoms with van der Waals surface area (Å²) in [6.07, 6.45) is 4.51. The third-order valence-electron chi connectivity index (χ3n) is 5.98. The molecule has 1 aliphatic rings. The Balaban J connectivity index is 1.75. The Morgan fingerprint density at radius 3 is 2.29 bits per heavy atom. The minimum atomic E-state index is -0.0427. The summed E-state index contributed by atoms with van der Waals surface area (Å²) in [6.45, 7) is 6.83. The molecule has 1 aliphatic heterocycles. The number of benzene rings is 3. The third-order valence-corrected chi connectivity index (χ3v) is 5.98. The molecule has 1 heterocycles. The zero-order valence-electron chi connectivity index (χ0n) is 17.7. The topological polar surface area (TPSA) is 6.25 Å². The molecule has 4 rings (SSSR count). The number of fused-ring (bicyclic) bond motifs is 3. The van der Waals surface area contributed by atoms with Gasteiger partial charge in [0.2, 0.25) is 5.69 Å². The minimum Gasteiger partial charge on any atom is -0.378 e. The first-order chi connectivity index (χ1) is 13.3. The fourth-order valence-corrected chi connectivity index (χ4v) is 4.43. The number of nitrogens with zero attached hydrogens (tertiary/aromatic N) is 2. The van der Waals surface area contributed by atoms with Crippen LogP contribution in [0.2, 0.25) is 0 Å². The summed E-state index contributed by atoms with van der Waals surface area (Å²) in [6, 6.07) is 20.0. The van der Waals surface area contributed by atoms with E-state index in [0.29, 0.717) is 0 Å². The lowest BCUT2D eigenvalue weighted by Gasteiger charge is -2.18. The maximum absolute atomic E-state index is 2.35. The number of rotatable bonds is 3. The Bertz CT molecular complexity index is 1110. The fourth-order valence-electron chi connectivity index (χ4n) is 4.43. The van der Waals surface area contributed by atoms with E-state index in [-0.39, 0.29) is 5.41 Å². The molecule has 28 heavy (non-hydrogen) atoms. The molecule has 0 N–H and O–H groups in total. The second-order valence-electron chi connectivity index (χ2n) is 8.57. The predicted octanol–water partition coefficient (Wildman–Crippen LogP) is 5.93. The van der Waals surface area contributed by atoms with E-state index >= 15 is 0 Å². The first-order valence-corrected chi connectivity index (χ1v) is 9.89. The largest absolute Gasteiger partial charge is 0.378 e. The Kier molecular flexibility index (Phi) is 4.38. The van der Waals surface area contributed by atoms with Crippen LogP contribution in [0.4, 0.5) is 11.4 Å². The summed E-state index contributed by atoms with van der Waals surface area (Å²) in [5.41, 5.74) is 7.77. The van der Waals surface area contributed by atoms with Crippen molar-refractivity contribution in [2.24, 2.45) is 0 Å². The van der Waals surface area contributed by atoms with Gasteiger partial charge in [-0.2, -0.15) is 4.58 Å². The molecule has 0 unspecified atom stereocenters. The normalized spacial score (nSPS) is 15.5. The van der Waals surface area contributed by atoms with E-state index in [9.17, 15) is 0 Å². The molecule has 0 spiro atoms. The van der Waals surface area contributed by atoms with E-state index in [0.717, 1.165) is 0 Å². The molecule has 0 amide bonds. The molecule has 142 valence electrons. The molecule has 0 saturated carbocycles. The highest BCUT2D eigenvalue weighted by Gasteiger charge is 2.44. The van der Waals surface area contributed by atoms with Gasteiger partial charge in [0, 0.05) is 37.5 Å². The molecule has 0 aromatic heterocycles. The molecule has 2 heteroatoms. The minimum absolute atomic E-state index is 0.0427. The van der Waals surface area contributed by atoms with Crippen molar-refractivity contribution in [2.75, 3.05) is 26.0 Å². The van der Waals surface area contributed by atoms with E-state index in [4.69, 9.17) is 0 Å². The fraction of sp³-hybridized carbons (Fsp3) is 0.269. The standard InChI is InChI=1S/C26H29N2/c1-18-7-14-22-20(17-18)11-15-23-25(22)26(2,3)24(28(23)6)16-10-19-8-12-21(13-9-19)27(4)5/h7-17H,1-6H3/q+1. The van der Waals surface area contributed by atoms with Gasteiger partial charge in [-0.15, -0.1) is 0 Å². The van der Waals surface area contributed by atoms with Crippen molar-refractivity contribution in [2.45, 2.75) is 26.2 Å². The van der Waals surface area contributed by atoms with Crippen molar-refractivity contribution >= 4 is 33.9 Å². The monoisotopic (exact) mass is 369 g/mol. The Morgan fingerprint density at radius 2 is 1.61 bits per heavy atom. The average molecular weight is 370 g/mol. The first-order valence-electron chi connectivity index (χ1n) is 9.89. The molecule has 3 aromatic rings. The molecule has 0 radical (unpaired) electrons. The second kappa shape index (κ2) is 6.63. The predicted molar refractivity (Wildman–Crippen MR) is 122 cm³/mol. The van der Waals surface area contributed by atoms with Crippen LogP contribution in [0.25, 0.3) is 16.8 Å². The van der Waals surface area contributed by atoms with Crippen molar-refractivity contribution < 1.29 is 4.58 Å². The molecule has 0 aliphatic carbocycles. The molecule has 3 aromatic carbocycles. The lowest BCUT2D eigenvalue weighted by atomic mass is 9.79. The Labute approximate surface area is 168 Å². The van der Waals surface area contributed by atoms with Crippen LogP contribution >= 0.6 is 0 Å². The lowest BCUT2D eigenvalue weighted by Crippen LogP contribution is -2.26. The molecule has 2 nitrogen and oxygen atoms in total. The van der Waals surface area contributed by atoms with E-state index in [1.54, 1.807) is 0 Å². The van der Waals surface area contributed by atoms with Gasteiger partial charge in [-0.05, 0) is 61.4 Å². The number of anilines is 1. The summed E-state index contributed by atoms with van der Waals surface area (Å²) >= 11 is 0. The van der Waals surface area contributed by atoms with Gasteiger partial charge in [0.25, 0.3) is 0 Å². The van der Waals surface area contributed by atoms with Crippen molar-refractivity contribution in [3.05, 3.63) is 77.4 Å². The SMILES string of the molecule is Cc1ccc2c3c(ccc2c1)[N+](C)=C(C=Cc1ccc(N(C)C)cc1)C3(C)C. The molecule has 0 bridgehead atoms. The maximum atomic E-state index is 2.35. The second-order valence-corrected chi connectivity index (χ2v) is 8.57. The molecule has 0 fully saturated rings. The van der Waals surface area contributed by atoms with Gasteiger partial charge < -0.3 is 4.90 Å². The summed E-state index contributed by atoms with van der Waals surface area (Å²) in [7, 11) is 6.32. The van der Waals surface area contributed by atoms with Crippen LogP contribution in [0.15, 0.2) is 60.7 Å². The average Bonchev–Trinajstić information content (AvgIpc) is 2.86. The summed E-state index contributed by atoms with van der Waals surface area (Å²) < 4.78 is 2.35. The highest BCUT2D eigenvalue weighted by Crippen LogP contribution is 2.43. The van der Waals surface area contributed by atoms with Crippen LogP contribution in [0.5, 0.6) is 0 Å². The number of hydrogen-bond donors (Lipinski definition) is 0. The summed E-state index contributed by atoms with van der Waals surface area (Å²) in [5, 5.41) is 2.68. The molecule has 0 saturated heterocycles. The van der Waals surface area contributed by atoms with Crippen LogP contribution < -0.4 is 4.90 Å². The van der Waals surface area contributed by atoms with Gasteiger partial charge in [-0.25, -0.2) is 0 Å². The van der Waals surface area contributed by atoms with Gasteiger partial charge >= 0.3 is 0 Å². The van der Waals surface area contributed by atoms with Gasteiger partial charge in [0.05, 0.1) is 5.41 Å². The third kappa shape index (κ3) is 2.93. The van der Waals surface area contributed by atoms with Gasteiger partial charge in [0.1, 0.15) is 7.05 Å². The van der Waals surface area contributed by atoms with Gasteiger partial charge in [-0.3, -0.25) is 0 Å². The quantitative estimate of drug-likeness (QED) is 0.518. The number of hydrogen-bond acceptors (Lipinski definition) is 1. The highest BCUT2D eigenvalue weighted by atomic mass is 15.1. The number of aryl methyl sites for hydroxylation is 1. The molecule has 0 atom stereocenters. The first kappa shape index (κ1) is 18.5. The Hall–Kier alpha value is -2.87. The smallest absolute Gasteiger partial charge is 0.210 e. The van der Waals surface area contributed by atoms with Crippen molar-refractivity contribution in [3.8, 4) is 0 Å². The van der Waals surface area contributed by atoms with Crippen LogP contribution in [-0.2, 0) is 5.41 Å². The van der Waals surface area contributed by atoms with Gasteiger partial charge in [-0.1, -0.05) is 35.9 Å². The van der Waals surface area contributed by atoms with E-state index in [2.05, 4.69) is 118 Å². The van der Waals surface area contributed by atoms with E-state index < -0.39 is 0 Å². The van der Waals surface area contributed by atoms with Crippen molar-refractivity contribution in [1.82, 2.24) is 0 Å². The van der Waals surface area contributed by atoms with Crippen LogP contribution in [0.3, 0.4) is 0 Å². The van der Waals surface area contributed by atoms with Crippen LogP contribution in [0, 0.1) is 6.92 Å². The zero-order chi connectivity index (χ0) is 20.1. The van der Waals surface area contributed by atoms with Gasteiger partial charge in [0.15, 0.2) is 5.71 Å². The van der Waals surface area contributed by atoms with Crippen LogP contribution in [0.1, 0.15) is 30.5 Å². The van der Waals surface area contributed by atoms with Crippen molar-refractivity contribution in [1.29, 1.82) is 0 Å². The maximum Gasteiger partial charge on any atom is 0.210 e. The summed E-state index contributed by atoms with van der Waals surface area (Å²) in [4.78, 5) is 2.12. The van der Waals surface area contributed by atoms with E-state index in [1.165, 1.54) is 44.5 Å². The van der Waals surface area contributed by atoms with Crippen molar-refractivity contribution in [3.63, 3.8) is 0 Å². The molecular formula is C26H29N2+. The van der Waals surface area contributed by atoms with Crippen LogP contribution in [-0.4, -0.2) is 31.4 Å². The zero-order valence-corrected chi connectivity index (χ0v) is 17.7. The van der Waals surface area contributed by atoms with E-state index in [1.807, 2.05) is 0 Å². The lowest BCUT2D eigenvalue weighted by molar-refractivity contribution is -0.401. The number of allylic oxidation sites excluding steroid dienone is 1. The highest BCUT2D eigenvalue weighted by molar-refractivity contribution is 6.09. The Morgan fingerprint density at radius 1 is 0.893 bits per heavy atom. The molecular weight excluding hydrogens is 340 g/mol.